The maximum atomic E-state index is 14.8. The molecule has 9 heteroatoms. The molecule has 0 spiro atoms. The van der Waals surface area contributed by atoms with Crippen LogP contribution < -0.4 is 4.74 Å². The Balaban J connectivity index is 1.69. The Kier molecular flexibility index (Phi) is 4.83. The molecule has 1 aliphatic carbocycles. The van der Waals surface area contributed by atoms with Gasteiger partial charge in [-0.25, -0.2) is 14.4 Å². The Hall–Kier alpha value is -3.10. The lowest BCUT2D eigenvalue weighted by atomic mass is 9.95. The van der Waals surface area contributed by atoms with Crippen LogP contribution in [0.25, 0.3) is 16.8 Å². The first-order valence-corrected chi connectivity index (χ1v) is 9.85. The van der Waals surface area contributed by atoms with E-state index in [-0.39, 0.29) is 22.9 Å². The zero-order valence-electron chi connectivity index (χ0n) is 15.8. The van der Waals surface area contributed by atoms with E-state index in [1.165, 1.54) is 18.3 Å². The summed E-state index contributed by atoms with van der Waals surface area (Å²) in [7, 11) is 0. The van der Waals surface area contributed by atoms with Gasteiger partial charge >= 0.3 is 6.61 Å². The number of hydrogen-bond acceptors (Lipinski definition) is 4. The number of fused-ring (bicyclic) bond motifs is 3. The van der Waals surface area contributed by atoms with E-state index >= 15 is 0 Å². The molecular formula is C22H15ClF3N3O2. The molecule has 0 amide bonds. The lowest BCUT2D eigenvalue weighted by Gasteiger charge is -2.17. The number of aliphatic hydroxyl groups excluding tert-OH is 1. The molecule has 0 aliphatic heterocycles. The summed E-state index contributed by atoms with van der Waals surface area (Å²) in [5.74, 6) is -0.939. The summed E-state index contributed by atoms with van der Waals surface area (Å²) in [6.45, 7) is -2.98. The quantitative estimate of drug-likeness (QED) is 0.430. The van der Waals surface area contributed by atoms with Crippen LogP contribution in [-0.2, 0) is 0 Å². The Morgan fingerprint density at radius 1 is 1.19 bits per heavy atom. The topological polar surface area (TPSA) is 59.7 Å². The third-order valence-electron chi connectivity index (χ3n) is 5.43. The van der Waals surface area contributed by atoms with Crippen LogP contribution in [0, 0.1) is 5.82 Å². The first kappa shape index (κ1) is 19.8. The predicted molar refractivity (Wildman–Crippen MR) is 108 cm³/mol. The zero-order chi connectivity index (χ0) is 21.7. The minimum atomic E-state index is -2.98. The van der Waals surface area contributed by atoms with Crippen LogP contribution in [0.15, 0.2) is 54.9 Å². The summed E-state index contributed by atoms with van der Waals surface area (Å²) in [4.78, 5) is 8.39. The van der Waals surface area contributed by atoms with Crippen molar-refractivity contribution in [3.8, 4) is 16.9 Å². The summed E-state index contributed by atoms with van der Waals surface area (Å²) in [5, 5.41) is 10.9. The second kappa shape index (κ2) is 7.55. The number of para-hydroxylation sites is 1. The Labute approximate surface area is 179 Å². The van der Waals surface area contributed by atoms with Crippen molar-refractivity contribution in [2.45, 2.75) is 25.1 Å². The molecule has 0 radical (unpaired) electrons. The molecule has 3 heterocycles. The van der Waals surface area contributed by atoms with Crippen LogP contribution >= 0.6 is 11.6 Å². The van der Waals surface area contributed by atoms with Gasteiger partial charge in [0.25, 0.3) is 0 Å². The lowest BCUT2D eigenvalue weighted by molar-refractivity contribution is -0.0505. The van der Waals surface area contributed by atoms with E-state index in [1.54, 1.807) is 40.9 Å². The van der Waals surface area contributed by atoms with Gasteiger partial charge in [0, 0.05) is 41.1 Å². The molecule has 2 atom stereocenters. The van der Waals surface area contributed by atoms with Gasteiger partial charge in [-0.3, -0.25) is 0 Å². The third-order valence-corrected chi connectivity index (χ3v) is 5.65. The molecule has 1 N–H and O–H groups in total. The summed E-state index contributed by atoms with van der Waals surface area (Å²) in [6, 6.07) is 10.9. The summed E-state index contributed by atoms with van der Waals surface area (Å²) >= 11 is 5.83. The molecule has 0 fully saturated rings. The number of benzene rings is 1. The first-order chi connectivity index (χ1) is 14.9. The standard InChI is InChI=1S/C22H15ClF3N3O2/c23-18-6-5-11(9-27-18)14-10-29-19(8-15(14)24)28-20-16(30)7-13(21(20)29)12-3-1-2-4-17(12)31-22(25)26/h1-6,8-10,13,16,22,30H,7H2. The second-order valence-corrected chi connectivity index (χ2v) is 7.62. The molecule has 3 aromatic heterocycles. The van der Waals surface area contributed by atoms with Gasteiger partial charge in [-0.05, 0) is 24.6 Å². The molecule has 4 aromatic rings. The van der Waals surface area contributed by atoms with Crippen LogP contribution in [-0.4, -0.2) is 26.1 Å². The monoisotopic (exact) mass is 445 g/mol. The van der Waals surface area contributed by atoms with E-state index < -0.39 is 24.5 Å². The van der Waals surface area contributed by atoms with Gasteiger partial charge in [0.1, 0.15) is 22.4 Å². The van der Waals surface area contributed by atoms with Crippen LogP contribution in [0.1, 0.15) is 35.4 Å². The average molecular weight is 446 g/mol. The molecule has 0 bridgehead atoms. The number of rotatable bonds is 4. The molecule has 1 aromatic carbocycles. The van der Waals surface area contributed by atoms with E-state index in [0.717, 1.165) is 0 Å². The van der Waals surface area contributed by atoms with Crippen LogP contribution in [0.5, 0.6) is 5.75 Å². The number of pyridine rings is 2. The van der Waals surface area contributed by atoms with Crippen molar-refractivity contribution in [3.63, 3.8) is 0 Å². The Morgan fingerprint density at radius 2 is 2.00 bits per heavy atom. The highest BCUT2D eigenvalue weighted by atomic mass is 35.5. The number of hydrogen-bond donors (Lipinski definition) is 1. The van der Waals surface area contributed by atoms with Gasteiger partial charge < -0.3 is 14.2 Å². The fraction of sp³-hybridized carbons (Fsp3) is 0.182. The minimum Gasteiger partial charge on any atom is -0.435 e. The van der Waals surface area contributed by atoms with Crippen molar-refractivity contribution in [1.82, 2.24) is 14.4 Å². The SMILES string of the molecule is OC1CC(c2ccccc2OC(F)F)c2c1nc1cc(F)c(-c3ccc(Cl)nc3)cn21. The summed E-state index contributed by atoms with van der Waals surface area (Å²) in [5.41, 5.74) is 2.60. The van der Waals surface area contributed by atoms with Crippen LogP contribution in [0.2, 0.25) is 5.15 Å². The average Bonchev–Trinajstić information content (AvgIpc) is 3.25. The largest absolute Gasteiger partial charge is 0.435 e. The van der Waals surface area contributed by atoms with Gasteiger partial charge in [0.15, 0.2) is 0 Å². The normalized spacial score (nSPS) is 18.0. The Bertz CT molecular complexity index is 1280. The molecule has 158 valence electrons. The van der Waals surface area contributed by atoms with E-state index in [0.29, 0.717) is 28.2 Å². The van der Waals surface area contributed by atoms with E-state index in [1.807, 2.05) is 0 Å². The van der Waals surface area contributed by atoms with Crippen molar-refractivity contribution < 1.29 is 23.0 Å². The molecular weight excluding hydrogens is 431 g/mol. The smallest absolute Gasteiger partial charge is 0.387 e. The minimum absolute atomic E-state index is 0.0294. The van der Waals surface area contributed by atoms with E-state index in [4.69, 9.17) is 16.3 Å². The fourth-order valence-electron chi connectivity index (χ4n) is 4.13. The van der Waals surface area contributed by atoms with Crippen molar-refractivity contribution in [2.75, 3.05) is 0 Å². The second-order valence-electron chi connectivity index (χ2n) is 7.24. The highest BCUT2D eigenvalue weighted by molar-refractivity contribution is 6.29. The lowest BCUT2D eigenvalue weighted by Crippen LogP contribution is -2.08. The van der Waals surface area contributed by atoms with E-state index in [9.17, 15) is 18.3 Å². The third kappa shape index (κ3) is 3.41. The number of ether oxygens (including phenoxy) is 1. The number of halogens is 4. The number of nitrogens with zero attached hydrogens (tertiary/aromatic N) is 3. The molecule has 1 aliphatic rings. The number of imidazole rings is 1. The Morgan fingerprint density at radius 3 is 2.74 bits per heavy atom. The number of aromatic nitrogens is 3. The van der Waals surface area contributed by atoms with Crippen LogP contribution in [0.3, 0.4) is 0 Å². The zero-order valence-corrected chi connectivity index (χ0v) is 16.6. The maximum absolute atomic E-state index is 14.8. The molecule has 0 saturated heterocycles. The predicted octanol–water partition coefficient (Wildman–Crippen LogP) is 5.36. The van der Waals surface area contributed by atoms with Crippen molar-refractivity contribution in [2.24, 2.45) is 0 Å². The van der Waals surface area contributed by atoms with Crippen molar-refractivity contribution >= 4 is 17.2 Å². The highest BCUT2D eigenvalue weighted by Gasteiger charge is 2.37. The van der Waals surface area contributed by atoms with Gasteiger partial charge in [-0.1, -0.05) is 29.8 Å². The van der Waals surface area contributed by atoms with Gasteiger partial charge in [0.05, 0.1) is 17.5 Å². The molecule has 0 saturated carbocycles. The maximum Gasteiger partial charge on any atom is 0.387 e. The van der Waals surface area contributed by atoms with Crippen molar-refractivity contribution in [3.05, 3.63) is 82.8 Å². The molecule has 2 unspecified atom stereocenters. The molecule has 5 rings (SSSR count). The number of aliphatic hydroxyl groups is 1. The summed E-state index contributed by atoms with van der Waals surface area (Å²) < 4.78 is 47.0. The molecule has 31 heavy (non-hydrogen) atoms. The highest BCUT2D eigenvalue weighted by Crippen LogP contribution is 2.47. The first-order valence-electron chi connectivity index (χ1n) is 9.47. The summed E-state index contributed by atoms with van der Waals surface area (Å²) in [6.07, 6.45) is 2.37. The van der Waals surface area contributed by atoms with E-state index in [2.05, 4.69) is 9.97 Å². The van der Waals surface area contributed by atoms with Gasteiger partial charge in [0.2, 0.25) is 0 Å². The number of alkyl halides is 2. The van der Waals surface area contributed by atoms with Gasteiger partial charge in [-0.15, -0.1) is 0 Å². The van der Waals surface area contributed by atoms with Crippen LogP contribution in [0.4, 0.5) is 13.2 Å². The van der Waals surface area contributed by atoms with Gasteiger partial charge in [-0.2, -0.15) is 8.78 Å². The molecule has 5 nitrogen and oxygen atoms in total. The van der Waals surface area contributed by atoms with Crippen molar-refractivity contribution in [1.29, 1.82) is 0 Å². The fourth-order valence-corrected chi connectivity index (χ4v) is 4.24.